The van der Waals surface area contributed by atoms with Crippen molar-refractivity contribution < 1.29 is 8.83 Å². The molecule has 0 radical (unpaired) electrons. The second-order valence-electron chi connectivity index (χ2n) is 17.5. The molecule has 0 bridgehead atoms. The van der Waals surface area contributed by atoms with Crippen molar-refractivity contribution >= 4 is 65.7 Å². The zero-order chi connectivity index (χ0) is 45.4. The number of nitrogens with zero attached hydrogens (tertiary/aromatic N) is 4. The van der Waals surface area contributed by atoms with Gasteiger partial charge < -0.3 is 13.4 Å². The maximum Gasteiger partial charge on any atom is 0.164 e. The molecule has 0 fully saturated rings. The summed E-state index contributed by atoms with van der Waals surface area (Å²) in [6, 6.07) is 80.3. The van der Waals surface area contributed by atoms with E-state index in [1.165, 1.54) is 21.9 Å². The van der Waals surface area contributed by atoms with E-state index in [9.17, 15) is 0 Å². The van der Waals surface area contributed by atoms with Gasteiger partial charge in [0.2, 0.25) is 0 Å². The predicted octanol–water partition coefficient (Wildman–Crippen LogP) is 16.8. The van der Waals surface area contributed by atoms with Gasteiger partial charge in [-0.05, 0) is 82.4 Å². The highest BCUT2D eigenvalue weighted by Crippen LogP contribution is 2.46. The number of para-hydroxylation sites is 3. The summed E-state index contributed by atoms with van der Waals surface area (Å²) in [5.41, 5.74) is 15.5. The number of benzene rings is 10. The lowest BCUT2D eigenvalue weighted by atomic mass is 9.96. The quantitative estimate of drug-likeness (QED) is 0.159. The van der Waals surface area contributed by atoms with Gasteiger partial charge in [-0.25, -0.2) is 15.0 Å². The SMILES string of the molecule is c1ccc(-c2ccc(-c3nc(-c4ccccc4)nc(-c4cc(-c5ccc(-n6c7ccccc7c7cc(-c8ccccc8)ccc76)c6c5oc5ccccc56)cc5oc6ccccc6c45)n3)cc2)cc1. The van der Waals surface area contributed by atoms with Gasteiger partial charge in [0, 0.05) is 49.2 Å². The first kappa shape index (κ1) is 38.8. The molecule has 0 unspecified atom stereocenters. The van der Waals surface area contributed by atoms with Crippen LogP contribution in [-0.4, -0.2) is 19.5 Å². The van der Waals surface area contributed by atoms with E-state index >= 15 is 0 Å². The Hall–Kier alpha value is -9.39. The van der Waals surface area contributed by atoms with Gasteiger partial charge in [0.05, 0.1) is 22.1 Å². The summed E-state index contributed by atoms with van der Waals surface area (Å²) in [4.78, 5) is 15.7. The van der Waals surface area contributed by atoms with Crippen molar-refractivity contribution in [1.29, 1.82) is 0 Å². The standard InChI is InChI=1S/C63H38N4O2/c1-4-16-39(17-5-1)41-28-30-43(31-29-41)62-64-61(42-20-8-3-9-21-42)65-63(66-62)51-37-45(38-57-58(51)48-23-11-14-26-55(48)68-57)46-33-35-54(59-49-24-12-15-27-56(49)69-60(46)59)67-52-25-13-10-22-47(52)50-36-44(32-34-53(50)67)40-18-6-2-7-19-40/h1-38H. The van der Waals surface area contributed by atoms with E-state index in [4.69, 9.17) is 23.8 Å². The van der Waals surface area contributed by atoms with Crippen LogP contribution in [0.2, 0.25) is 0 Å². The molecule has 4 aromatic heterocycles. The second kappa shape index (κ2) is 15.6. The van der Waals surface area contributed by atoms with Crippen molar-refractivity contribution in [3.8, 4) is 73.2 Å². The molecule has 0 aliphatic rings. The number of furan rings is 2. The third kappa shape index (κ3) is 6.38. The van der Waals surface area contributed by atoms with Crippen LogP contribution in [-0.2, 0) is 0 Å². The largest absolute Gasteiger partial charge is 0.456 e. The Morgan fingerprint density at radius 3 is 1.51 bits per heavy atom. The number of hydrogen-bond acceptors (Lipinski definition) is 5. The summed E-state index contributed by atoms with van der Waals surface area (Å²) in [5.74, 6) is 1.71. The van der Waals surface area contributed by atoms with Crippen LogP contribution >= 0.6 is 0 Å². The minimum atomic E-state index is 0.544. The van der Waals surface area contributed by atoms with Gasteiger partial charge in [-0.2, -0.15) is 0 Å². The predicted molar refractivity (Wildman–Crippen MR) is 281 cm³/mol. The van der Waals surface area contributed by atoms with Gasteiger partial charge in [0.15, 0.2) is 17.5 Å². The number of rotatable bonds is 7. The van der Waals surface area contributed by atoms with Crippen molar-refractivity contribution in [2.75, 3.05) is 0 Å². The van der Waals surface area contributed by atoms with E-state index in [1.54, 1.807) is 0 Å². The maximum absolute atomic E-state index is 7.00. The zero-order valence-corrected chi connectivity index (χ0v) is 37.0. The van der Waals surface area contributed by atoms with Crippen LogP contribution in [0.25, 0.3) is 139 Å². The molecule has 0 saturated heterocycles. The van der Waals surface area contributed by atoms with Gasteiger partial charge in [-0.3, -0.25) is 0 Å². The van der Waals surface area contributed by atoms with Crippen LogP contribution in [0, 0.1) is 0 Å². The molecule has 0 saturated carbocycles. The van der Waals surface area contributed by atoms with Crippen LogP contribution in [0.3, 0.4) is 0 Å². The summed E-state index contributed by atoms with van der Waals surface area (Å²) in [6.07, 6.45) is 0. The van der Waals surface area contributed by atoms with Crippen molar-refractivity contribution in [2.45, 2.75) is 0 Å². The Kier molecular flexibility index (Phi) is 8.79. The van der Waals surface area contributed by atoms with Crippen molar-refractivity contribution in [3.63, 3.8) is 0 Å². The van der Waals surface area contributed by atoms with Crippen LogP contribution in [0.1, 0.15) is 0 Å². The molecule has 0 aliphatic heterocycles. The molecule has 0 N–H and O–H groups in total. The van der Waals surface area contributed by atoms with E-state index < -0.39 is 0 Å². The molecule has 0 aliphatic carbocycles. The molecule has 6 heteroatoms. The lowest BCUT2D eigenvalue weighted by Gasteiger charge is -2.14. The van der Waals surface area contributed by atoms with E-state index in [-0.39, 0.29) is 0 Å². The summed E-state index contributed by atoms with van der Waals surface area (Å²) in [7, 11) is 0. The van der Waals surface area contributed by atoms with Crippen molar-refractivity contribution in [3.05, 3.63) is 231 Å². The monoisotopic (exact) mass is 882 g/mol. The lowest BCUT2D eigenvalue weighted by Crippen LogP contribution is -2.01. The van der Waals surface area contributed by atoms with Crippen molar-refractivity contribution in [1.82, 2.24) is 19.5 Å². The van der Waals surface area contributed by atoms with Crippen LogP contribution < -0.4 is 0 Å². The number of aromatic nitrogens is 4. The summed E-state index contributed by atoms with van der Waals surface area (Å²) < 4.78 is 16.1. The topological polar surface area (TPSA) is 69.9 Å². The normalized spacial score (nSPS) is 11.8. The smallest absolute Gasteiger partial charge is 0.164 e. The molecule has 14 rings (SSSR count). The molecule has 0 atom stereocenters. The van der Waals surface area contributed by atoms with Gasteiger partial charge >= 0.3 is 0 Å². The van der Waals surface area contributed by atoms with Crippen molar-refractivity contribution in [2.24, 2.45) is 0 Å². The number of hydrogen-bond donors (Lipinski definition) is 0. The third-order valence-corrected chi connectivity index (χ3v) is 13.5. The Morgan fingerprint density at radius 2 is 0.797 bits per heavy atom. The van der Waals surface area contributed by atoms with E-state index in [2.05, 4.69) is 174 Å². The van der Waals surface area contributed by atoms with E-state index in [1.807, 2.05) is 60.7 Å². The average molecular weight is 883 g/mol. The summed E-state index contributed by atoms with van der Waals surface area (Å²) in [5, 5.41) is 6.36. The van der Waals surface area contributed by atoms with Crippen LogP contribution in [0.5, 0.6) is 0 Å². The maximum atomic E-state index is 7.00. The van der Waals surface area contributed by atoms with E-state index in [0.717, 1.165) is 99.5 Å². The van der Waals surface area contributed by atoms with Gasteiger partial charge in [-0.15, -0.1) is 0 Å². The highest BCUT2D eigenvalue weighted by Gasteiger charge is 2.24. The van der Waals surface area contributed by atoms with Gasteiger partial charge in [0.25, 0.3) is 0 Å². The fourth-order valence-corrected chi connectivity index (χ4v) is 10.2. The minimum Gasteiger partial charge on any atom is -0.456 e. The Bertz CT molecular complexity index is 4290. The molecule has 322 valence electrons. The Labute approximate surface area is 396 Å². The summed E-state index contributed by atoms with van der Waals surface area (Å²) in [6.45, 7) is 0. The molecule has 6 nitrogen and oxygen atoms in total. The fraction of sp³-hybridized carbons (Fsp3) is 0. The minimum absolute atomic E-state index is 0.544. The zero-order valence-electron chi connectivity index (χ0n) is 37.0. The molecule has 10 aromatic carbocycles. The average Bonchev–Trinajstić information content (AvgIpc) is 4.11. The first-order valence-electron chi connectivity index (χ1n) is 23.2. The molecule has 4 heterocycles. The Balaban J connectivity index is 1.00. The first-order valence-corrected chi connectivity index (χ1v) is 23.2. The fourth-order valence-electron chi connectivity index (χ4n) is 10.2. The molecule has 14 aromatic rings. The van der Waals surface area contributed by atoms with Gasteiger partial charge in [0.1, 0.15) is 22.3 Å². The Morgan fingerprint density at radius 1 is 0.290 bits per heavy atom. The molecule has 0 amide bonds. The molecular formula is C63H38N4O2. The second-order valence-corrected chi connectivity index (χ2v) is 17.5. The summed E-state index contributed by atoms with van der Waals surface area (Å²) >= 11 is 0. The highest BCUT2D eigenvalue weighted by molar-refractivity contribution is 6.19. The van der Waals surface area contributed by atoms with Gasteiger partial charge in [-0.1, -0.05) is 176 Å². The third-order valence-electron chi connectivity index (χ3n) is 13.5. The first-order chi connectivity index (χ1) is 34.2. The lowest BCUT2D eigenvalue weighted by molar-refractivity contribution is 0.668. The highest BCUT2D eigenvalue weighted by atomic mass is 16.3. The molecule has 0 spiro atoms. The van der Waals surface area contributed by atoms with E-state index in [0.29, 0.717) is 17.5 Å². The number of fused-ring (bicyclic) bond motifs is 9. The molecule has 69 heavy (non-hydrogen) atoms. The molecular weight excluding hydrogens is 845 g/mol. The van der Waals surface area contributed by atoms with Crippen LogP contribution in [0.4, 0.5) is 0 Å². The van der Waals surface area contributed by atoms with Crippen LogP contribution in [0.15, 0.2) is 239 Å².